The summed E-state index contributed by atoms with van der Waals surface area (Å²) < 4.78 is 0. The second kappa shape index (κ2) is 5.68. The molecule has 11 heavy (non-hydrogen) atoms. The highest BCUT2D eigenvalue weighted by Gasteiger charge is 2.23. The predicted molar refractivity (Wildman–Crippen MR) is 55.7 cm³/mol. The minimum absolute atomic E-state index is 0.495. The Hall–Kier alpha value is 0.0669. The molecule has 0 heterocycles. The Labute approximate surface area is 76.3 Å². The summed E-state index contributed by atoms with van der Waals surface area (Å²) in [5.74, 6) is 3.51. The molecule has 0 fully saturated rings. The third-order valence-electron chi connectivity index (χ3n) is 2.45. The highest BCUT2D eigenvalue weighted by Crippen LogP contribution is 2.18. The van der Waals surface area contributed by atoms with E-state index in [4.69, 9.17) is 11.6 Å². The molecule has 0 radical (unpaired) electrons. The summed E-state index contributed by atoms with van der Waals surface area (Å²) in [6.07, 6.45) is 0. The standard InChI is InChI=1S/C9H17ClSi/c1-4-11(5-2,6-3)9-7-8-10/h4-6,8H2,1-3H3. The molecule has 2 heteroatoms. The third kappa shape index (κ3) is 3.31. The normalized spacial score (nSPS) is 10.5. The van der Waals surface area contributed by atoms with Crippen molar-refractivity contribution in [1.82, 2.24) is 0 Å². The fourth-order valence-electron chi connectivity index (χ4n) is 1.24. The lowest BCUT2D eigenvalue weighted by molar-refractivity contribution is 1.20. The molecule has 0 atom stereocenters. The molecule has 64 valence electrons. The van der Waals surface area contributed by atoms with Gasteiger partial charge in [-0.25, -0.2) is 0 Å². The van der Waals surface area contributed by atoms with E-state index >= 15 is 0 Å². The van der Waals surface area contributed by atoms with Gasteiger partial charge in [-0.3, -0.25) is 0 Å². The van der Waals surface area contributed by atoms with E-state index in [-0.39, 0.29) is 0 Å². The van der Waals surface area contributed by atoms with Gasteiger partial charge in [0.25, 0.3) is 0 Å². The third-order valence-corrected chi connectivity index (χ3v) is 7.35. The van der Waals surface area contributed by atoms with Gasteiger partial charge in [0.1, 0.15) is 8.07 Å². The summed E-state index contributed by atoms with van der Waals surface area (Å²) in [5.41, 5.74) is 3.39. The number of alkyl halides is 1. The fraction of sp³-hybridized carbons (Fsp3) is 0.778. The van der Waals surface area contributed by atoms with Crippen LogP contribution in [0.2, 0.25) is 18.1 Å². The van der Waals surface area contributed by atoms with E-state index in [2.05, 4.69) is 32.2 Å². The first-order valence-electron chi connectivity index (χ1n) is 4.30. The molecule has 0 aromatic carbocycles. The number of hydrogen-bond donors (Lipinski definition) is 0. The number of halogens is 1. The maximum absolute atomic E-state index is 5.53. The van der Waals surface area contributed by atoms with E-state index < -0.39 is 8.07 Å². The molecule has 0 aromatic heterocycles. The van der Waals surface area contributed by atoms with Gasteiger partial charge < -0.3 is 0 Å². The molecule has 0 saturated heterocycles. The second-order valence-electron chi connectivity index (χ2n) is 2.78. The minimum atomic E-state index is -1.18. The molecule has 0 aliphatic carbocycles. The van der Waals surface area contributed by atoms with Crippen LogP contribution in [0.25, 0.3) is 0 Å². The zero-order valence-electron chi connectivity index (χ0n) is 7.71. The first-order valence-corrected chi connectivity index (χ1v) is 7.46. The minimum Gasteiger partial charge on any atom is -0.130 e. The molecule has 0 nitrogen and oxygen atoms in total. The van der Waals surface area contributed by atoms with Crippen molar-refractivity contribution in [3.05, 3.63) is 0 Å². The molecule has 0 amide bonds. The zero-order valence-corrected chi connectivity index (χ0v) is 9.46. The molecule has 0 bridgehead atoms. The second-order valence-corrected chi connectivity index (χ2v) is 7.98. The van der Waals surface area contributed by atoms with Crippen LogP contribution in [0.5, 0.6) is 0 Å². The van der Waals surface area contributed by atoms with Crippen molar-refractivity contribution >= 4 is 19.7 Å². The SMILES string of the molecule is CC[Si](C#CCCl)(CC)CC. The summed E-state index contributed by atoms with van der Waals surface area (Å²) in [7, 11) is -1.18. The first-order chi connectivity index (χ1) is 5.24. The Kier molecular flexibility index (Phi) is 5.72. The van der Waals surface area contributed by atoms with Gasteiger partial charge in [0.05, 0.1) is 5.88 Å². The van der Waals surface area contributed by atoms with E-state index in [9.17, 15) is 0 Å². The molecular weight excluding hydrogens is 172 g/mol. The molecule has 0 aliphatic heterocycles. The summed E-state index contributed by atoms with van der Waals surface area (Å²) in [6, 6.07) is 3.80. The van der Waals surface area contributed by atoms with Crippen molar-refractivity contribution in [2.45, 2.75) is 38.9 Å². The largest absolute Gasteiger partial charge is 0.137 e. The van der Waals surface area contributed by atoms with Gasteiger partial charge in [-0.2, -0.15) is 0 Å². The van der Waals surface area contributed by atoms with Crippen LogP contribution in [0, 0.1) is 11.5 Å². The maximum atomic E-state index is 5.53. The van der Waals surface area contributed by atoms with E-state index in [1.165, 1.54) is 18.1 Å². The molecule has 0 spiro atoms. The van der Waals surface area contributed by atoms with Crippen molar-refractivity contribution in [3.8, 4) is 11.5 Å². The fourth-order valence-corrected chi connectivity index (χ4v) is 3.91. The van der Waals surface area contributed by atoms with Crippen LogP contribution in [0.4, 0.5) is 0 Å². The lowest BCUT2D eigenvalue weighted by Gasteiger charge is -2.19. The maximum Gasteiger partial charge on any atom is 0.137 e. The lowest BCUT2D eigenvalue weighted by Crippen LogP contribution is -2.29. The van der Waals surface area contributed by atoms with Gasteiger partial charge in [0, 0.05) is 0 Å². The Morgan fingerprint density at radius 3 is 1.82 bits per heavy atom. The average Bonchev–Trinajstić information content (AvgIpc) is 2.08. The molecule has 0 rings (SSSR count). The van der Waals surface area contributed by atoms with Crippen molar-refractivity contribution < 1.29 is 0 Å². The Balaban J connectivity index is 4.28. The molecule has 0 unspecified atom stereocenters. The van der Waals surface area contributed by atoms with Crippen LogP contribution in [-0.4, -0.2) is 14.0 Å². The average molecular weight is 189 g/mol. The van der Waals surface area contributed by atoms with E-state index in [1.807, 2.05) is 0 Å². The Morgan fingerprint density at radius 1 is 1.09 bits per heavy atom. The van der Waals surface area contributed by atoms with Crippen molar-refractivity contribution in [2.75, 3.05) is 5.88 Å². The lowest BCUT2D eigenvalue weighted by atomic mass is 10.8. The molecule has 0 N–H and O–H groups in total. The molecule has 0 saturated carbocycles. The predicted octanol–water partition coefficient (Wildman–Crippen LogP) is 3.28. The van der Waals surface area contributed by atoms with Crippen molar-refractivity contribution in [2.24, 2.45) is 0 Å². The van der Waals surface area contributed by atoms with Crippen LogP contribution in [0.15, 0.2) is 0 Å². The van der Waals surface area contributed by atoms with E-state index in [0.29, 0.717) is 5.88 Å². The molecule has 0 aromatic rings. The smallest absolute Gasteiger partial charge is 0.130 e. The van der Waals surface area contributed by atoms with Crippen LogP contribution >= 0.6 is 11.6 Å². The van der Waals surface area contributed by atoms with E-state index in [1.54, 1.807) is 0 Å². The van der Waals surface area contributed by atoms with Crippen LogP contribution in [-0.2, 0) is 0 Å². The van der Waals surface area contributed by atoms with Gasteiger partial charge in [0.15, 0.2) is 0 Å². The van der Waals surface area contributed by atoms with Gasteiger partial charge >= 0.3 is 0 Å². The monoisotopic (exact) mass is 188 g/mol. The quantitative estimate of drug-likeness (QED) is 0.362. The highest BCUT2D eigenvalue weighted by atomic mass is 35.5. The van der Waals surface area contributed by atoms with Crippen LogP contribution < -0.4 is 0 Å². The van der Waals surface area contributed by atoms with Gasteiger partial charge in [-0.1, -0.05) is 26.7 Å². The van der Waals surface area contributed by atoms with Gasteiger partial charge in [-0.15, -0.1) is 17.1 Å². The van der Waals surface area contributed by atoms with Crippen molar-refractivity contribution in [3.63, 3.8) is 0 Å². The van der Waals surface area contributed by atoms with E-state index in [0.717, 1.165) is 0 Å². The summed E-state index contributed by atoms with van der Waals surface area (Å²) in [4.78, 5) is 0. The number of rotatable bonds is 3. The highest BCUT2D eigenvalue weighted by molar-refractivity contribution is 6.87. The zero-order chi connectivity index (χ0) is 8.74. The molecular formula is C9H17ClSi. The van der Waals surface area contributed by atoms with Crippen molar-refractivity contribution in [1.29, 1.82) is 0 Å². The topological polar surface area (TPSA) is 0 Å². The van der Waals surface area contributed by atoms with Gasteiger partial charge in [-0.05, 0) is 18.1 Å². The molecule has 0 aliphatic rings. The summed E-state index contributed by atoms with van der Waals surface area (Å²) in [5, 5.41) is 0. The van der Waals surface area contributed by atoms with Crippen LogP contribution in [0.1, 0.15) is 20.8 Å². The van der Waals surface area contributed by atoms with Crippen LogP contribution in [0.3, 0.4) is 0 Å². The summed E-state index contributed by atoms with van der Waals surface area (Å²) in [6.45, 7) is 6.76. The number of hydrogen-bond acceptors (Lipinski definition) is 0. The Bertz CT molecular complexity index is 142. The first kappa shape index (κ1) is 11.1. The Morgan fingerprint density at radius 2 is 1.55 bits per heavy atom. The van der Waals surface area contributed by atoms with Gasteiger partial charge in [0.2, 0.25) is 0 Å². The summed E-state index contributed by atoms with van der Waals surface area (Å²) >= 11 is 5.53.